The standard InChI is InChI=1S/C15H13FN2O/c1-10(12-3-5-13(18)6-4-12)19-15-7-2-11(9-17)8-14(15)16/h2-8,10H,18H2,1H3. The Hall–Kier alpha value is -2.54. The minimum atomic E-state index is -0.540. The smallest absolute Gasteiger partial charge is 0.166 e. The molecule has 19 heavy (non-hydrogen) atoms. The number of anilines is 1. The van der Waals surface area contributed by atoms with Crippen LogP contribution in [0.5, 0.6) is 5.75 Å². The molecule has 4 heteroatoms. The van der Waals surface area contributed by atoms with Crippen LogP contribution in [0.4, 0.5) is 10.1 Å². The van der Waals surface area contributed by atoms with Gasteiger partial charge in [0.2, 0.25) is 0 Å². The zero-order chi connectivity index (χ0) is 13.8. The second-order valence-corrected chi connectivity index (χ2v) is 4.18. The van der Waals surface area contributed by atoms with Crippen molar-refractivity contribution < 1.29 is 9.13 Å². The number of nitrogens with two attached hydrogens (primary N) is 1. The summed E-state index contributed by atoms with van der Waals surface area (Å²) in [5, 5.41) is 8.67. The van der Waals surface area contributed by atoms with E-state index in [1.807, 2.05) is 25.1 Å². The fourth-order valence-electron chi connectivity index (χ4n) is 1.69. The summed E-state index contributed by atoms with van der Waals surface area (Å²) >= 11 is 0. The second-order valence-electron chi connectivity index (χ2n) is 4.18. The molecule has 96 valence electrons. The number of nitrogen functional groups attached to an aromatic ring is 1. The van der Waals surface area contributed by atoms with Crippen molar-refractivity contribution in [2.45, 2.75) is 13.0 Å². The first-order valence-electron chi connectivity index (χ1n) is 5.82. The van der Waals surface area contributed by atoms with Crippen molar-refractivity contribution in [1.82, 2.24) is 0 Å². The molecule has 0 saturated heterocycles. The first-order valence-corrected chi connectivity index (χ1v) is 5.82. The van der Waals surface area contributed by atoms with E-state index >= 15 is 0 Å². The van der Waals surface area contributed by atoms with Crippen LogP contribution in [0.2, 0.25) is 0 Å². The maximum atomic E-state index is 13.7. The molecule has 2 aromatic rings. The van der Waals surface area contributed by atoms with Gasteiger partial charge in [0, 0.05) is 5.69 Å². The Morgan fingerprint density at radius 1 is 1.21 bits per heavy atom. The summed E-state index contributed by atoms with van der Waals surface area (Å²) in [5.74, 6) is -0.412. The Bertz CT molecular complexity index is 617. The van der Waals surface area contributed by atoms with Gasteiger partial charge in [0.05, 0.1) is 11.6 Å². The third-order valence-corrected chi connectivity index (χ3v) is 2.77. The van der Waals surface area contributed by atoms with E-state index in [0.717, 1.165) is 11.6 Å². The number of rotatable bonds is 3. The predicted molar refractivity (Wildman–Crippen MR) is 71.0 cm³/mol. The Balaban J connectivity index is 2.17. The summed E-state index contributed by atoms with van der Waals surface area (Å²) in [7, 11) is 0. The minimum Gasteiger partial charge on any atom is -0.483 e. The average molecular weight is 256 g/mol. The highest BCUT2D eigenvalue weighted by Crippen LogP contribution is 2.25. The molecule has 2 aromatic carbocycles. The fraction of sp³-hybridized carbons (Fsp3) is 0.133. The Labute approximate surface area is 111 Å². The van der Waals surface area contributed by atoms with Crippen LogP contribution >= 0.6 is 0 Å². The highest BCUT2D eigenvalue weighted by molar-refractivity contribution is 5.40. The van der Waals surface area contributed by atoms with Gasteiger partial charge in [-0.3, -0.25) is 0 Å². The number of halogens is 1. The lowest BCUT2D eigenvalue weighted by Crippen LogP contribution is -2.04. The van der Waals surface area contributed by atoms with Crippen LogP contribution in [0.3, 0.4) is 0 Å². The zero-order valence-electron chi connectivity index (χ0n) is 10.4. The summed E-state index contributed by atoms with van der Waals surface area (Å²) in [6, 6.07) is 13.2. The molecule has 0 fully saturated rings. The van der Waals surface area contributed by atoms with E-state index in [0.29, 0.717) is 5.69 Å². The van der Waals surface area contributed by atoms with E-state index in [2.05, 4.69) is 0 Å². The maximum Gasteiger partial charge on any atom is 0.166 e. The lowest BCUT2D eigenvalue weighted by molar-refractivity contribution is 0.216. The van der Waals surface area contributed by atoms with Crippen LogP contribution < -0.4 is 10.5 Å². The van der Waals surface area contributed by atoms with E-state index in [4.69, 9.17) is 15.7 Å². The molecule has 0 aliphatic carbocycles. The fourth-order valence-corrected chi connectivity index (χ4v) is 1.69. The van der Waals surface area contributed by atoms with Crippen LogP contribution in [0.25, 0.3) is 0 Å². The molecule has 0 aromatic heterocycles. The van der Waals surface area contributed by atoms with Crippen LogP contribution in [0.15, 0.2) is 42.5 Å². The molecule has 3 nitrogen and oxygen atoms in total. The molecule has 0 saturated carbocycles. The van der Waals surface area contributed by atoms with Gasteiger partial charge in [0.1, 0.15) is 6.10 Å². The normalized spacial score (nSPS) is 11.6. The Morgan fingerprint density at radius 3 is 2.47 bits per heavy atom. The number of ether oxygens (including phenoxy) is 1. The average Bonchev–Trinajstić information content (AvgIpc) is 2.41. The molecule has 2 N–H and O–H groups in total. The number of hydrogen-bond donors (Lipinski definition) is 1. The maximum absolute atomic E-state index is 13.7. The molecular weight excluding hydrogens is 243 g/mol. The van der Waals surface area contributed by atoms with Gasteiger partial charge >= 0.3 is 0 Å². The largest absolute Gasteiger partial charge is 0.483 e. The van der Waals surface area contributed by atoms with Gasteiger partial charge in [-0.2, -0.15) is 5.26 Å². The summed E-state index contributed by atoms with van der Waals surface area (Å²) in [6.45, 7) is 1.82. The van der Waals surface area contributed by atoms with E-state index in [-0.39, 0.29) is 17.4 Å². The van der Waals surface area contributed by atoms with E-state index in [1.54, 1.807) is 12.1 Å². The van der Waals surface area contributed by atoms with Gasteiger partial charge in [0.25, 0.3) is 0 Å². The topological polar surface area (TPSA) is 59.0 Å². The van der Waals surface area contributed by atoms with Crippen molar-refractivity contribution in [2.24, 2.45) is 0 Å². The van der Waals surface area contributed by atoms with Gasteiger partial charge in [-0.05, 0) is 42.8 Å². The van der Waals surface area contributed by atoms with E-state index in [1.165, 1.54) is 12.1 Å². The van der Waals surface area contributed by atoms with Gasteiger partial charge in [-0.25, -0.2) is 4.39 Å². The molecule has 0 aliphatic heterocycles. The number of nitriles is 1. The summed E-state index contributed by atoms with van der Waals surface area (Å²) in [6.07, 6.45) is -0.303. The van der Waals surface area contributed by atoms with Crippen molar-refractivity contribution in [3.05, 3.63) is 59.4 Å². The molecule has 1 unspecified atom stereocenters. The van der Waals surface area contributed by atoms with Crippen molar-refractivity contribution in [1.29, 1.82) is 5.26 Å². The zero-order valence-corrected chi connectivity index (χ0v) is 10.4. The highest BCUT2D eigenvalue weighted by Gasteiger charge is 2.11. The van der Waals surface area contributed by atoms with Crippen molar-refractivity contribution in [3.8, 4) is 11.8 Å². The Morgan fingerprint density at radius 2 is 1.89 bits per heavy atom. The summed E-state index contributed by atoms with van der Waals surface area (Å²) < 4.78 is 19.2. The third kappa shape index (κ3) is 3.02. The molecule has 0 aliphatic rings. The molecule has 0 bridgehead atoms. The van der Waals surface area contributed by atoms with Crippen molar-refractivity contribution in [3.63, 3.8) is 0 Å². The quantitative estimate of drug-likeness (QED) is 0.856. The first kappa shape index (κ1) is 12.9. The molecule has 0 radical (unpaired) electrons. The number of nitrogens with zero attached hydrogens (tertiary/aromatic N) is 1. The highest BCUT2D eigenvalue weighted by atomic mass is 19.1. The number of benzene rings is 2. The van der Waals surface area contributed by atoms with Crippen LogP contribution in [0, 0.1) is 17.1 Å². The van der Waals surface area contributed by atoms with Gasteiger partial charge in [-0.15, -0.1) is 0 Å². The molecular formula is C15H13FN2O. The van der Waals surface area contributed by atoms with Gasteiger partial charge in [-0.1, -0.05) is 12.1 Å². The molecule has 0 heterocycles. The minimum absolute atomic E-state index is 0.128. The number of hydrogen-bond acceptors (Lipinski definition) is 3. The monoisotopic (exact) mass is 256 g/mol. The second kappa shape index (κ2) is 5.40. The summed E-state index contributed by atoms with van der Waals surface area (Å²) in [4.78, 5) is 0. The van der Waals surface area contributed by atoms with Gasteiger partial charge < -0.3 is 10.5 Å². The van der Waals surface area contributed by atoms with E-state index < -0.39 is 5.82 Å². The SMILES string of the molecule is CC(Oc1ccc(C#N)cc1F)c1ccc(N)cc1. The van der Waals surface area contributed by atoms with E-state index in [9.17, 15) is 4.39 Å². The molecule has 0 amide bonds. The lowest BCUT2D eigenvalue weighted by Gasteiger charge is -2.15. The Kier molecular flexibility index (Phi) is 3.67. The van der Waals surface area contributed by atoms with Gasteiger partial charge in [0.15, 0.2) is 11.6 Å². The lowest BCUT2D eigenvalue weighted by atomic mass is 10.1. The summed E-state index contributed by atoms with van der Waals surface area (Å²) in [5.41, 5.74) is 7.44. The van der Waals surface area contributed by atoms with Crippen LogP contribution in [-0.2, 0) is 0 Å². The molecule has 2 rings (SSSR count). The van der Waals surface area contributed by atoms with Crippen molar-refractivity contribution in [2.75, 3.05) is 5.73 Å². The first-order chi connectivity index (χ1) is 9.10. The molecule has 1 atom stereocenters. The third-order valence-electron chi connectivity index (χ3n) is 2.77. The van der Waals surface area contributed by atoms with Crippen molar-refractivity contribution >= 4 is 5.69 Å². The van der Waals surface area contributed by atoms with Crippen LogP contribution in [-0.4, -0.2) is 0 Å². The van der Waals surface area contributed by atoms with Crippen LogP contribution in [0.1, 0.15) is 24.2 Å². The predicted octanol–water partition coefficient (Wildman–Crippen LogP) is 3.42. The molecule has 0 spiro atoms.